The van der Waals surface area contributed by atoms with E-state index in [0.29, 0.717) is 22.3 Å². The van der Waals surface area contributed by atoms with Crippen molar-refractivity contribution in [3.05, 3.63) is 26.3 Å². The average Bonchev–Trinajstić information content (AvgIpc) is 2.33. The minimum atomic E-state index is -3.01. The normalized spacial score (nSPS) is 21.4. The number of hydrogen-bond acceptors (Lipinski definition) is 6. The molecule has 0 spiro atoms. The van der Waals surface area contributed by atoms with Crippen LogP contribution in [0.2, 0.25) is 0 Å². The molecule has 1 aromatic rings. The summed E-state index contributed by atoms with van der Waals surface area (Å²) in [5, 5.41) is 13.9. The van der Waals surface area contributed by atoms with Gasteiger partial charge in [0, 0.05) is 11.6 Å². The van der Waals surface area contributed by atoms with Gasteiger partial charge in [0.15, 0.2) is 9.84 Å². The zero-order valence-electron chi connectivity index (χ0n) is 10.8. The van der Waals surface area contributed by atoms with Crippen molar-refractivity contribution in [2.45, 2.75) is 25.8 Å². The highest BCUT2D eigenvalue weighted by Gasteiger charge is 2.26. The Bertz CT molecular complexity index is 647. The molecule has 2 rings (SSSR count). The minimum Gasteiger partial charge on any atom is -0.365 e. The molecule has 1 aliphatic heterocycles. The minimum absolute atomic E-state index is 0.0666. The van der Waals surface area contributed by atoms with Crippen LogP contribution in [0.4, 0.5) is 11.5 Å². The van der Waals surface area contributed by atoms with E-state index in [1.54, 1.807) is 6.92 Å². The fraction of sp³-hybridized carbons (Fsp3) is 0.545. The van der Waals surface area contributed by atoms with Crippen LogP contribution in [0.3, 0.4) is 0 Å². The molecular formula is C11H14BrN3O4S. The van der Waals surface area contributed by atoms with Gasteiger partial charge in [-0.2, -0.15) is 0 Å². The maximum Gasteiger partial charge on any atom is 0.291 e. The number of anilines is 1. The summed E-state index contributed by atoms with van der Waals surface area (Å²) in [7, 11) is -3.01. The third-order valence-corrected chi connectivity index (χ3v) is 6.03. The van der Waals surface area contributed by atoms with Gasteiger partial charge in [0.1, 0.15) is 12.0 Å². The van der Waals surface area contributed by atoms with Crippen LogP contribution in [0.15, 0.2) is 10.7 Å². The van der Waals surface area contributed by atoms with Gasteiger partial charge in [0.05, 0.1) is 20.9 Å². The predicted octanol–water partition coefficient (Wildman–Crippen LogP) is 2.05. The second kappa shape index (κ2) is 5.65. The molecular weight excluding hydrogens is 350 g/mol. The maximum atomic E-state index is 11.6. The van der Waals surface area contributed by atoms with E-state index in [1.165, 1.54) is 6.20 Å². The molecule has 1 atom stereocenters. The molecule has 1 saturated heterocycles. The second-order valence-corrected chi connectivity index (χ2v) is 7.81. The average molecular weight is 364 g/mol. The van der Waals surface area contributed by atoms with Gasteiger partial charge in [0.25, 0.3) is 5.69 Å². The summed E-state index contributed by atoms with van der Waals surface area (Å²) < 4.78 is 23.7. The highest BCUT2D eigenvalue weighted by molar-refractivity contribution is 9.10. The Morgan fingerprint density at radius 2 is 2.25 bits per heavy atom. The number of halogens is 1. The zero-order valence-corrected chi connectivity index (χ0v) is 13.2. The van der Waals surface area contributed by atoms with E-state index < -0.39 is 14.8 Å². The van der Waals surface area contributed by atoms with E-state index in [2.05, 4.69) is 26.2 Å². The smallest absolute Gasteiger partial charge is 0.291 e. The maximum absolute atomic E-state index is 11.6. The molecule has 110 valence electrons. The highest BCUT2D eigenvalue weighted by Crippen LogP contribution is 2.31. The summed E-state index contributed by atoms with van der Waals surface area (Å²) in [4.78, 5) is 14.3. The first kappa shape index (κ1) is 15.2. The largest absolute Gasteiger partial charge is 0.365 e. The van der Waals surface area contributed by atoms with Crippen molar-refractivity contribution in [1.82, 2.24) is 4.98 Å². The lowest BCUT2D eigenvalue weighted by molar-refractivity contribution is -0.385. The van der Waals surface area contributed by atoms with E-state index in [9.17, 15) is 18.5 Å². The number of hydrogen-bond donors (Lipinski definition) is 1. The van der Waals surface area contributed by atoms with Crippen molar-refractivity contribution in [1.29, 1.82) is 0 Å². The van der Waals surface area contributed by atoms with Gasteiger partial charge in [-0.05, 0) is 35.7 Å². The predicted molar refractivity (Wildman–Crippen MR) is 78.6 cm³/mol. The molecule has 1 fully saturated rings. The lowest BCUT2D eigenvalue weighted by Crippen LogP contribution is -2.35. The number of nitrogens with zero attached hydrogens (tertiary/aromatic N) is 2. The molecule has 0 saturated carbocycles. The van der Waals surface area contributed by atoms with Crippen molar-refractivity contribution >= 4 is 37.3 Å². The fourth-order valence-corrected chi connectivity index (χ4v) is 4.24. The van der Waals surface area contributed by atoms with Crippen molar-refractivity contribution in [2.24, 2.45) is 0 Å². The Morgan fingerprint density at radius 1 is 1.55 bits per heavy atom. The molecule has 2 heterocycles. The number of rotatable bonds is 3. The number of aromatic nitrogens is 1. The third kappa shape index (κ3) is 3.26. The summed E-state index contributed by atoms with van der Waals surface area (Å²) in [6, 6.07) is -0.210. The van der Waals surface area contributed by atoms with Crippen LogP contribution in [-0.4, -0.2) is 35.9 Å². The Hall–Kier alpha value is -1.22. The summed E-state index contributed by atoms with van der Waals surface area (Å²) in [5.74, 6) is 0.728. The quantitative estimate of drug-likeness (QED) is 0.651. The molecule has 0 radical (unpaired) electrons. The molecule has 9 heteroatoms. The van der Waals surface area contributed by atoms with Crippen LogP contribution in [-0.2, 0) is 9.84 Å². The molecule has 7 nitrogen and oxygen atoms in total. The summed E-state index contributed by atoms with van der Waals surface area (Å²) in [5.41, 5.74) is 0.393. The summed E-state index contributed by atoms with van der Waals surface area (Å²) in [6.45, 7) is 1.62. The van der Waals surface area contributed by atoms with E-state index in [4.69, 9.17) is 0 Å². The first-order valence-electron chi connectivity index (χ1n) is 6.06. The number of pyridine rings is 1. The van der Waals surface area contributed by atoms with Gasteiger partial charge in [-0.1, -0.05) is 0 Å². The van der Waals surface area contributed by atoms with Crippen LogP contribution in [0.25, 0.3) is 0 Å². The number of nitro groups is 1. The number of sulfone groups is 1. The highest BCUT2D eigenvalue weighted by atomic mass is 79.9. The standard InChI is InChI=1S/C11H14BrN3O4S/c1-7-9(15(16)17)5-13-11(10(7)12)14-8-3-2-4-20(18,19)6-8/h5,8H,2-4,6H2,1H3,(H,13,14). The van der Waals surface area contributed by atoms with Gasteiger partial charge < -0.3 is 5.32 Å². The van der Waals surface area contributed by atoms with Gasteiger partial charge in [-0.3, -0.25) is 10.1 Å². The topological polar surface area (TPSA) is 102 Å². The van der Waals surface area contributed by atoms with Crippen LogP contribution >= 0.6 is 15.9 Å². The van der Waals surface area contributed by atoms with Gasteiger partial charge in [-0.15, -0.1) is 0 Å². The van der Waals surface area contributed by atoms with E-state index >= 15 is 0 Å². The number of nitrogens with one attached hydrogen (secondary N) is 1. The fourth-order valence-electron chi connectivity index (χ4n) is 2.18. The molecule has 1 aromatic heterocycles. The third-order valence-electron chi connectivity index (χ3n) is 3.24. The Kier molecular flexibility index (Phi) is 4.28. The lowest BCUT2D eigenvalue weighted by Gasteiger charge is -2.24. The van der Waals surface area contributed by atoms with Crippen molar-refractivity contribution in [3.63, 3.8) is 0 Å². The molecule has 1 unspecified atom stereocenters. The van der Waals surface area contributed by atoms with Crippen molar-refractivity contribution in [2.75, 3.05) is 16.8 Å². The van der Waals surface area contributed by atoms with Crippen LogP contribution in [0, 0.1) is 17.0 Å². The van der Waals surface area contributed by atoms with Gasteiger partial charge in [-0.25, -0.2) is 13.4 Å². The second-order valence-electron chi connectivity index (χ2n) is 4.79. The Labute approximate surface area is 125 Å². The molecule has 1 N–H and O–H groups in total. The van der Waals surface area contributed by atoms with Gasteiger partial charge in [0.2, 0.25) is 0 Å². The van der Waals surface area contributed by atoms with Crippen molar-refractivity contribution < 1.29 is 13.3 Å². The molecule has 20 heavy (non-hydrogen) atoms. The summed E-state index contributed by atoms with van der Waals surface area (Å²) >= 11 is 3.28. The molecule has 0 amide bonds. The van der Waals surface area contributed by atoms with Crippen LogP contribution in [0.1, 0.15) is 18.4 Å². The summed E-state index contributed by atoms with van der Waals surface area (Å²) in [6.07, 6.45) is 2.53. The van der Waals surface area contributed by atoms with E-state index in [0.717, 1.165) is 6.42 Å². The molecule has 0 aliphatic carbocycles. The molecule has 0 aromatic carbocycles. The lowest BCUT2D eigenvalue weighted by atomic mass is 10.2. The van der Waals surface area contributed by atoms with Gasteiger partial charge >= 0.3 is 0 Å². The van der Waals surface area contributed by atoms with Crippen LogP contribution < -0.4 is 5.32 Å². The Morgan fingerprint density at radius 3 is 2.85 bits per heavy atom. The van der Waals surface area contributed by atoms with E-state index in [-0.39, 0.29) is 23.2 Å². The van der Waals surface area contributed by atoms with E-state index in [1.807, 2.05) is 0 Å². The Balaban J connectivity index is 2.22. The first-order chi connectivity index (χ1) is 9.30. The first-order valence-corrected chi connectivity index (χ1v) is 8.68. The SMILES string of the molecule is Cc1c([N+](=O)[O-])cnc(NC2CCCS(=O)(=O)C2)c1Br. The molecule has 0 bridgehead atoms. The van der Waals surface area contributed by atoms with Crippen LogP contribution in [0.5, 0.6) is 0 Å². The molecule has 1 aliphatic rings. The van der Waals surface area contributed by atoms with Crippen molar-refractivity contribution in [3.8, 4) is 0 Å². The zero-order chi connectivity index (χ0) is 14.9. The monoisotopic (exact) mass is 363 g/mol.